The van der Waals surface area contributed by atoms with Crippen LogP contribution in [0.5, 0.6) is 0 Å². The maximum Gasteiger partial charge on any atom is 0.188 e. The molecular weight excluding hydrogens is 377 g/mol. The summed E-state index contributed by atoms with van der Waals surface area (Å²) in [5, 5.41) is 3.08. The molecule has 0 amide bonds. The molecule has 0 spiro atoms. The van der Waals surface area contributed by atoms with Crippen LogP contribution >= 0.6 is 24.0 Å². The molecule has 5 nitrogen and oxygen atoms in total. The number of halogens is 1. The summed E-state index contributed by atoms with van der Waals surface area (Å²) in [6.45, 7) is 5.71. The van der Waals surface area contributed by atoms with Gasteiger partial charge >= 0.3 is 0 Å². The summed E-state index contributed by atoms with van der Waals surface area (Å²) in [7, 11) is -2.74. The third kappa shape index (κ3) is 8.67. The molecule has 0 saturated carbocycles. The molecule has 0 aliphatic carbocycles. The van der Waals surface area contributed by atoms with E-state index in [0.29, 0.717) is 29.3 Å². The number of nitrogens with zero attached hydrogens (tertiary/aromatic N) is 1. The summed E-state index contributed by atoms with van der Waals surface area (Å²) < 4.78 is 22.5. The van der Waals surface area contributed by atoms with Crippen molar-refractivity contribution >= 4 is 39.8 Å². The van der Waals surface area contributed by atoms with Crippen molar-refractivity contribution in [1.29, 1.82) is 0 Å². The molecule has 1 rings (SSSR count). The second kappa shape index (κ2) is 8.99. The first kappa shape index (κ1) is 18.9. The molecule has 1 aliphatic rings. The molecule has 0 radical (unpaired) electrons. The van der Waals surface area contributed by atoms with Crippen LogP contribution in [0.2, 0.25) is 0 Å². The second-order valence-electron chi connectivity index (χ2n) is 5.43. The van der Waals surface area contributed by atoms with Crippen LogP contribution in [-0.2, 0) is 9.84 Å². The molecule has 1 saturated heterocycles. The zero-order valence-electron chi connectivity index (χ0n) is 11.8. The summed E-state index contributed by atoms with van der Waals surface area (Å²) in [4.78, 5) is 4.22. The number of nitrogens with one attached hydrogen (secondary N) is 1. The van der Waals surface area contributed by atoms with E-state index < -0.39 is 9.84 Å². The lowest BCUT2D eigenvalue weighted by Crippen LogP contribution is -2.34. The Morgan fingerprint density at radius 2 is 1.95 bits per heavy atom. The Kier molecular flexibility index (Phi) is 8.97. The van der Waals surface area contributed by atoms with Gasteiger partial charge in [0, 0.05) is 13.1 Å². The highest BCUT2D eigenvalue weighted by Crippen LogP contribution is 2.21. The largest absolute Gasteiger partial charge is 0.370 e. The average Bonchev–Trinajstić information content (AvgIpc) is 2.29. The van der Waals surface area contributed by atoms with Gasteiger partial charge in [-0.25, -0.2) is 8.42 Å². The Morgan fingerprint density at radius 1 is 1.37 bits per heavy atom. The van der Waals surface area contributed by atoms with Gasteiger partial charge in [-0.1, -0.05) is 13.8 Å². The fraction of sp³-hybridized carbons (Fsp3) is 0.917. The Labute approximate surface area is 133 Å². The summed E-state index contributed by atoms with van der Waals surface area (Å²) in [5.41, 5.74) is 5.72. The molecule has 1 fully saturated rings. The SMILES string of the molecule is CC(C)CN=C(N)NCCC1CCS(=O)(=O)CC1.I. The molecule has 7 heteroatoms. The number of hydrogen-bond acceptors (Lipinski definition) is 3. The predicted molar refractivity (Wildman–Crippen MR) is 90.7 cm³/mol. The lowest BCUT2D eigenvalue weighted by Gasteiger charge is -2.21. The number of hydrogen-bond donors (Lipinski definition) is 2. The maximum atomic E-state index is 11.3. The van der Waals surface area contributed by atoms with Crippen molar-refractivity contribution in [2.24, 2.45) is 22.6 Å². The fourth-order valence-corrected chi connectivity index (χ4v) is 3.56. The minimum Gasteiger partial charge on any atom is -0.370 e. The molecule has 114 valence electrons. The van der Waals surface area contributed by atoms with Crippen molar-refractivity contribution in [2.45, 2.75) is 33.1 Å². The maximum absolute atomic E-state index is 11.3. The van der Waals surface area contributed by atoms with Crippen molar-refractivity contribution < 1.29 is 8.42 Å². The first-order chi connectivity index (χ1) is 8.39. The van der Waals surface area contributed by atoms with E-state index in [-0.39, 0.29) is 24.0 Å². The Hall–Kier alpha value is -0.0500. The monoisotopic (exact) mass is 403 g/mol. The van der Waals surface area contributed by atoms with Crippen LogP contribution in [0.25, 0.3) is 0 Å². The van der Waals surface area contributed by atoms with Gasteiger partial charge in [-0.05, 0) is 31.1 Å². The van der Waals surface area contributed by atoms with Gasteiger partial charge in [-0.2, -0.15) is 0 Å². The standard InChI is InChI=1S/C12H25N3O2S.HI/c1-10(2)9-15-12(13)14-6-3-11-4-7-18(16,17)8-5-11;/h10-11H,3-9H2,1-2H3,(H3,13,14,15);1H. The molecule has 0 unspecified atom stereocenters. The number of guanidine groups is 1. The zero-order chi connectivity index (χ0) is 13.6. The molecule has 0 atom stereocenters. The van der Waals surface area contributed by atoms with Gasteiger partial charge in [0.15, 0.2) is 5.96 Å². The van der Waals surface area contributed by atoms with E-state index in [9.17, 15) is 8.42 Å². The van der Waals surface area contributed by atoms with E-state index in [4.69, 9.17) is 5.73 Å². The van der Waals surface area contributed by atoms with Crippen LogP contribution in [0.1, 0.15) is 33.1 Å². The van der Waals surface area contributed by atoms with Crippen LogP contribution in [0.3, 0.4) is 0 Å². The predicted octanol–water partition coefficient (Wildman–Crippen LogP) is 1.38. The van der Waals surface area contributed by atoms with Gasteiger partial charge < -0.3 is 11.1 Å². The van der Waals surface area contributed by atoms with Crippen LogP contribution in [0, 0.1) is 11.8 Å². The number of rotatable bonds is 5. The summed E-state index contributed by atoms with van der Waals surface area (Å²) in [5.74, 6) is 2.18. The second-order valence-corrected chi connectivity index (χ2v) is 7.73. The quantitative estimate of drug-likeness (QED) is 0.413. The summed E-state index contributed by atoms with van der Waals surface area (Å²) >= 11 is 0. The molecule has 0 aromatic heterocycles. The zero-order valence-corrected chi connectivity index (χ0v) is 14.9. The highest BCUT2D eigenvalue weighted by atomic mass is 127. The van der Waals surface area contributed by atoms with E-state index in [1.54, 1.807) is 0 Å². The van der Waals surface area contributed by atoms with E-state index in [2.05, 4.69) is 24.2 Å². The molecule has 19 heavy (non-hydrogen) atoms. The van der Waals surface area contributed by atoms with Crippen LogP contribution in [0.4, 0.5) is 0 Å². The van der Waals surface area contributed by atoms with E-state index in [1.165, 1.54) is 0 Å². The van der Waals surface area contributed by atoms with Crippen LogP contribution in [0.15, 0.2) is 4.99 Å². The molecule has 0 aromatic rings. The first-order valence-electron chi connectivity index (χ1n) is 6.63. The van der Waals surface area contributed by atoms with Crippen molar-refractivity contribution in [3.63, 3.8) is 0 Å². The van der Waals surface area contributed by atoms with Gasteiger partial charge in [-0.15, -0.1) is 24.0 Å². The molecule has 1 heterocycles. The third-order valence-corrected chi connectivity index (χ3v) is 4.88. The lowest BCUT2D eigenvalue weighted by molar-refractivity contribution is 0.434. The topological polar surface area (TPSA) is 84.5 Å². The minimum atomic E-state index is -2.74. The molecule has 3 N–H and O–H groups in total. The van der Waals surface area contributed by atoms with E-state index in [1.807, 2.05) is 0 Å². The smallest absolute Gasteiger partial charge is 0.188 e. The number of aliphatic imine (C=N–C) groups is 1. The Balaban J connectivity index is 0.00000324. The molecule has 0 bridgehead atoms. The van der Waals surface area contributed by atoms with Crippen molar-refractivity contribution in [3.05, 3.63) is 0 Å². The van der Waals surface area contributed by atoms with Crippen LogP contribution < -0.4 is 11.1 Å². The fourth-order valence-electron chi connectivity index (χ4n) is 1.97. The number of nitrogens with two attached hydrogens (primary N) is 1. The van der Waals surface area contributed by atoms with Crippen molar-refractivity contribution in [1.82, 2.24) is 5.32 Å². The van der Waals surface area contributed by atoms with Gasteiger partial charge in [0.05, 0.1) is 11.5 Å². The van der Waals surface area contributed by atoms with Gasteiger partial charge in [0.25, 0.3) is 0 Å². The van der Waals surface area contributed by atoms with Gasteiger partial charge in [0.2, 0.25) is 0 Å². The minimum absolute atomic E-state index is 0. The summed E-state index contributed by atoms with van der Waals surface area (Å²) in [6.07, 6.45) is 2.54. The van der Waals surface area contributed by atoms with Crippen molar-refractivity contribution in [3.8, 4) is 0 Å². The Bertz CT molecular complexity index is 368. The molecular formula is C12H26IN3O2S. The highest BCUT2D eigenvalue weighted by Gasteiger charge is 2.22. The third-order valence-electron chi connectivity index (χ3n) is 3.16. The highest BCUT2D eigenvalue weighted by molar-refractivity contribution is 14.0. The Morgan fingerprint density at radius 3 is 2.47 bits per heavy atom. The number of sulfone groups is 1. The van der Waals surface area contributed by atoms with E-state index in [0.717, 1.165) is 32.4 Å². The van der Waals surface area contributed by atoms with Crippen LogP contribution in [-0.4, -0.2) is 39.0 Å². The normalized spacial score (nSPS) is 20.1. The lowest BCUT2D eigenvalue weighted by atomic mass is 9.99. The van der Waals surface area contributed by atoms with Crippen molar-refractivity contribution in [2.75, 3.05) is 24.6 Å². The first-order valence-corrected chi connectivity index (χ1v) is 8.45. The van der Waals surface area contributed by atoms with E-state index >= 15 is 0 Å². The molecule has 0 aromatic carbocycles. The van der Waals surface area contributed by atoms with Gasteiger partial charge in [0.1, 0.15) is 9.84 Å². The average molecular weight is 403 g/mol. The summed E-state index contributed by atoms with van der Waals surface area (Å²) in [6, 6.07) is 0. The van der Waals surface area contributed by atoms with Gasteiger partial charge in [-0.3, -0.25) is 4.99 Å². The molecule has 1 aliphatic heterocycles.